The largest absolute Gasteiger partial charge is 0.437 e. The summed E-state index contributed by atoms with van der Waals surface area (Å²) in [7, 11) is 0. The van der Waals surface area contributed by atoms with Crippen LogP contribution in [0.25, 0.3) is 0 Å². The molecule has 1 aliphatic rings. The van der Waals surface area contributed by atoms with E-state index in [9.17, 15) is 14.0 Å². The SMILES string of the molecule is CC(C)CCC(=O)OC1NC(=O)c2cccc(F)c21. The molecule has 0 aromatic heterocycles. The zero-order valence-electron chi connectivity index (χ0n) is 10.9. The monoisotopic (exact) mass is 265 g/mol. The van der Waals surface area contributed by atoms with Crippen LogP contribution in [0.3, 0.4) is 0 Å². The lowest BCUT2D eigenvalue weighted by atomic mass is 10.1. The summed E-state index contributed by atoms with van der Waals surface area (Å²) in [6.45, 7) is 4.00. The van der Waals surface area contributed by atoms with E-state index in [0.29, 0.717) is 12.3 Å². The number of nitrogens with one attached hydrogen (secondary N) is 1. The van der Waals surface area contributed by atoms with Gasteiger partial charge in [0.05, 0.1) is 11.1 Å². The van der Waals surface area contributed by atoms with E-state index in [0.717, 1.165) is 0 Å². The van der Waals surface area contributed by atoms with Gasteiger partial charge in [0.2, 0.25) is 6.23 Å². The number of hydrogen-bond donors (Lipinski definition) is 1. The first-order chi connectivity index (χ1) is 8.99. The molecule has 1 aromatic rings. The predicted molar refractivity (Wildman–Crippen MR) is 66.8 cm³/mol. The van der Waals surface area contributed by atoms with Crippen LogP contribution in [-0.2, 0) is 9.53 Å². The molecule has 1 N–H and O–H groups in total. The van der Waals surface area contributed by atoms with Gasteiger partial charge in [0.1, 0.15) is 5.82 Å². The van der Waals surface area contributed by atoms with Gasteiger partial charge in [-0.3, -0.25) is 9.59 Å². The molecule has 1 aliphatic heterocycles. The van der Waals surface area contributed by atoms with Crippen LogP contribution in [0.5, 0.6) is 0 Å². The molecule has 1 atom stereocenters. The predicted octanol–water partition coefficient (Wildman–Crippen LogP) is 2.55. The zero-order chi connectivity index (χ0) is 14.0. The molecule has 0 bridgehead atoms. The van der Waals surface area contributed by atoms with Crippen LogP contribution in [-0.4, -0.2) is 11.9 Å². The van der Waals surface area contributed by atoms with Crippen LogP contribution in [0, 0.1) is 11.7 Å². The minimum atomic E-state index is -1.01. The number of esters is 1. The van der Waals surface area contributed by atoms with Crippen molar-refractivity contribution in [3.63, 3.8) is 0 Å². The van der Waals surface area contributed by atoms with Gasteiger partial charge in [0, 0.05) is 6.42 Å². The maximum absolute atomic E-state index is 13.7. The van der Waals surface area contributed by atoms with E-state index < -0.39 is 23.9 Å². The van der Waals surface area contributed by atoms with Gasteiger partial charge >= 0.3 is 5.97 Å². The van der Waals surface area contributed by atoms with E-state index in [1.165, 1.54) is 18.2 Å². The normalized spacial score (nSPS) is 17.3. The van der Waals surface area contributed by atoms with Gasteiger partial charge < -0.3 is 10.1 Å². The molecule has 1 aromatic carbocycles. The summed E-state index contributed by atoms with van der Waals surface area (Å²) in [4.78, 5) is 23.2. The van der Waals surface area contributed by atoms with Crippen molar-refractivity contribution in [3.05, 3.63) is 35.1 Å². The molecule has 0 fully saturated rings. The number of hydrogen-bond acceptors (Lipinski definition) is 3. The van der Waals surface area contributed by atoms with E-state index in [1.807, 2.05) is 13.8 Å². The number of fused-ring (bicyclic) bond motifs is 1. The second-order valence-corrected chi connectivity index (χ2v) is 4.98. The number of amides is 1. The second kappa shape index (κ2) is 5.38. The smallest absolute Gasteiger partial charge is 0.307 e. The Morgan fingerprint density at radius 1 is 1.47 bits per heavy atom. The Morgan fingerprint density at radius 2 is 2.21 bits per heavy atom. The summed E-state index contributed by atoms with van der Waals surface area (Å²) in [6, 6.07) is 4.21. The molecule has 4 nitrogen and oxygen atoms in total. The second-order valence-electron chi connectivity index (χ2n) is 4.98. The summed E-state index contributed by atoms with van der Waals surface area (Å²) in [5.74, 6) is -1.02. The summed E-state index contributed by atoms with van der Waals surface area (Å²) in [5, 5.41) is 2.46. The third-order valence-electron chi connectivity index (χ3n) is 3.00. The van der Waals surface area contributed by atoms with Crippen molar-refractivity contribution in [1.82, 2.24) is 5.32 Å². The highest BCUT2D eigenvalue weighted by molar-refractivity contribution is 5.99. The number of ether oxygens (including phenoxy) is 1. The van der Waals surface area contributed by atoms with Gasteiger partial charge in [-0.05, 0) is 24.5 Å². The fraction of sp³-hybridized carbons (Fsp3) is 0.429. The lowest BCUT2D eigenvalue weighted by Gasteiger charge is -2.14. The molecule has 5 heteroatoms. The Balaban J connectivity index is 2.09. The number of carbonyl (C=O) groups excluding carboxylic acids is 2. The minimum absolute atomic E-state index is 0.116. The molecule has 2 rings (SSSR count). The van der Waals surface area contributed by atoms with Gasteiger partial charge in [-0.1, -0.05) is 19.9 Å². The van der Waals surface area contributed by atoms with E-state index in [2.05, 4.69) is 5.32 Å². The summed E-state index contributed by atoms with van der Waals surface area (Å²) < 4.78 is 18.8. The van der Waals surface area contributed by atoms with E-state index in [4.69, 9.17) is 4.74 Å². The molecule has 0 radical (unpaired) electrons. The van der Waals surface area contributed by atoms with Gasteiger partial charge in [0.15, 0.2) is 0 Å². The van der Waals surface area contributed by atoms with Crippen molar-refractivity contribution < 1.29 is 18.7 Å². The maximum Gasteiger partial charge on any atom is 0.307 e. The molecule has 0 aliphatic carbocycles. The van der Waals surface area contributed by atoms with Crippen molar-refractivity contribution in [2.75, 3.05) is 0 Å². The third-order valence-corrected chi connectivity index (χ3v) is 3.00. The van der Waals surface area contributed by atoms with Crippen molar-refractivity contribution in [1.29, 1.82) is 0 Å². The molecule has 1 amide bonds. The fourth-order valence-electron chi connectivity index (χ4n) is 1.96. The van der Waals surface area contributed by atoms with Crippen LogP contribution >= 0.6 is 0 Å². The summed E-state index contributed by atoms with van der Waals surface area (Å²) in [6.07, 6.45) is -0.0550. The van der Waals surface area contributed by atoms with Crippen LogP contribution in [0.15, 0.2) is 18.2 Å². The zero-order valence-corrected chi connectivity index (χ0v) is 10.9. The summed E-state index contributed by atoms with van der Waals surface area (Å²) in [5.41, 5.74) is 0.340. The molecular weight excluding hydrogens is 249 g/mol. The van der Waals surface area contributed by atoms with Gasteiger partial charge in [-0.25, -0.2) is 4.39 Å². The Labute approximate surface area is 110 Å². The minimum Gasteiger partial charge on any atom is -0.437 e. The number of rotatable bonds is 4. The van der Waals surface area contributed by atoms with Gasteiger partial charge in [0.25, 0.3) is 5.91 Å². The lowest BCUT2D eigenvalue weighted by molar-refractivity contribution is -0.150. The standard InChI is InChI=1S/C14H16FNO3/c1-8(2)6-7-11(17)19-14-12-9(13(18)16-14)4-3-5-10(12)15/h3-5,8,14H,6-7H2,1-2H3,(H,16,18). The van der Waals surface area contributed by atoms with Crippen molar-refractivity contribution in [2.24, 2.45) is 5.92 Å². The fourth-order valence-corrected chi connectivity index (χ4v) is 1.96. The first-order valence-corrected chi connectivity index (χ1v) is 6.27. The molecule has 1 heterocycles. The average molecular weight is 265 g/mol. The molecule has 1 unspecified atom stereocenters. The Hall–Kier alpha value is -1.91. The number of benzene rings is 1. The molecule has 0 spiro atoms. The molecule has 0 saturated carbocycles. The van der Waals surface area contributed by atoms with Crippen LogP contribution < -0.4 is 5.32 Å². The molecule has 0 saturated heterocycles. The Kier molecular flexibility index (Phi) is 3.83. The van der Waals surface area contributed by atoms with Crippen molar-refractivity contribution in [3.8, 4) is 0 Å². The highest BCUT2D eigenvalue weighted by atomic mass is 19.1. The quantitative estimate of drug-likeness (QED) is 0.851. The first-order valence-electron chi connectivity index (χ1n) is 6.27. The van der Waals surface area contributed by atoms with Crippen molar-refractivity contribution >= 4 is 11.9 Å². The van der Waals surface area contributed by atoms with Gasteiger partial charge in [-0.2, -0.15) is 0 Å². The van der Waals surface area contributed by atoms with E-state index in [-0.39, 0.29) is 17.5 Å². The maximum atomic E-state index is 13.7. The van der Waals surface area contributed by atoms with E-state index in [1.54, 1.807) is 0 Å². The third kappa shape index (κ3) is 2.92. The van der Waals surface area contributed by atoms with Crippen LogP contribution in [0.2, 0.25) is 0 Å². The van der Waals surface area contributed by atoms with Crippen LogP contribution in [0.4, 0.5) is 4.39 Å². The highest BCUT2D eigenvalue weighted by Crippen LogP contribution is 2.29. The average Bonchev–Trinajstić information content (AvgIpc) is 2.65. The van der Waals surface area contributed by atoms with Crippen LogP contribution in [0.1, 0.15) is 48.8 Å². The molecule has 19 heavy (non-hydrogen) atoms. The number of carbonyl (C=O) groups is 2. The first kappa shape index (κ1) is 13.5. The van der Waals surface area contributed by atoms with Gasteiger partial charge in [-0.15, -0.1) is 0 Å². The highest BCUT2D eigenvalue weighted by Gasteiger charge is 2.33. The number of halogens is 1. The Bertz CT molecular complexity index is 513. The molecule has 102 valence electrons. The topological polar surface area (TPSA) is 55.4 Å². The lowest BCUT2D eigenvalue weighted by Crippen LogP contribution is -2.24. The molecular formula is C14H16FNO3. The summed E-state index contributed by atoms with van der Waals surface area (Å²) >= 11 is 0. The Morgan fingerprint density at radius 3 is 2.89 bits per heavy atom. The van der Waals surface area contributed by atoms with E-state index >= 15 is 0 Å². The van der Waals surface area contributed by atoms with Crippen molar-refractivity contribution in [2.45, 2.75) is 32.9 Å².